The number of nitrogens with two attached hydrogens (primary N) is 1. The van der Waals surface area contributed by atoms with Crippen LogP contribution in [0.25, 0.3) is 0 Å². The lowest BCUT2D eigenvalue weighted by atomic mass is 10.1. The van der Waals surface area contributed by atoms with Crippen molar-refractivity contribution in [1.29, 1.82) is 0 Å². The highest BCUT2D eigenvalue weighted by atomic mass is 35.5. The number of hydrogen-bond donors (Lipinski definition) is 1. The zero-order valence-electron chi connectivity index (χ0n) is 12.4. The number of hydrogen-bond acceptors (Lipinski definition) is 3. The van der Waals surface area contributed by atoms with Crippen molar-refractivity contribution in [2.45, 2.75) is 49.7 Å². The highest BCUT2D eigenvalue weighted by Crippen LogP contribution is 2.37. The topological polar surface area (TPSA) is 43.8 Å². The molecule has 0 aliphatic carbocycles. The Morgan fingerprint density at radius 2 is 1.86 bits per heavy atom. The summed E-state index contributed by atoms with van der Waals surface area (Å²) in [5.41, 5.74) is 6.88. The van der Waals surface area contributed by atoms with Crippen LogP contribution in [0.3, 0.4) is 0 Å². The van der Waals surface area contributed by atoms with Crippen molar-refractivity contribution in [1.82, 2.24) is 9.55 Å². The van der Waals surface area contributed by atoms with E-state index in [1.165, 1.54) is 0 Å². The smallest absolute Gasteiger partial charge is 0.123 e. The first-order valence-corrected chi connectivity index (χ1v) is 8.46. The van der Waals surface area contributed by atoms with Crippen LogP contribution in [0.15, 0.2) is 28.1 Å². The number of halogens is 2. The fraction of sp³-hybridized carbons (Fsp3) is 0.400. The molecule has 0 bridgehead atoms. The molecule has 1 aromatic heterocycles. The van der Waals surface area contributed by atoms with Gasteiger partial charge in [-0.1, -0.05) is 48.8 Å². The van der Waals surface area contributed by atoms with Crippen LogP contribution >= 0.6 is 35.0 Å². The second kappa shape index (κ2) is 7.05. The van der Waals surface area contributed by atoms with Crippen LogP contribution in [0.5, 0.6) is 0 Å². The van der Waals surface area contributed by atoms with Crippen LogP contribution in [0.2, 0.25) is 10.0 Å². The molecular weight excluding hydrogens is 325 g/mol. The zero-order valence-corrected chi connectivity index (χ0v) is 14.7. The average molecular weight is 344 g/mol. The predicted molar refractivity (Wildman–Crippen MR) is 90.5 cm³/mol. The van der Waals surface area contributed by atoms with Gasteiger partial charge in [-0.05, 0) is 31.0 Å². The molecule has 0 unspecified atom stereocenters. The monoisotopic (exact) mass is 343 g/mol. The lowest BCUT2D eigenvalue weighted by molar-refractivity contribution is 0.645. The van der Waals surface area contributed by atoms with E-state index in [0.717, 1.165) is 28.0 Å². The maximum absolute atomic E-state index is 6.08. The Hall–Kier alpha value is -0.680. The van der Waals surface area contributed by atoms with Gasteiger partial charge < -0.3 is 10.3 Å². The second-order valence-corrected chi connectivity index (χ2v) is 6.96. The number of aromatic nitrogens is 2. The van der Waals surface area contributed by atoms with Gasteiger partial charge in [-0.2, -0.15) is 0 Å². The van der Waals surface area contributed by atoms with Crippen LogP contribution < -0.4 is 5.73 Å². The normalized spacial score (nSPS) is 11.4. The number of benzene rings is 1. The van der Waals surface area contributed by atoms with Gasteiger partial charge in [-0.15, -0.1) is 0 Å². The van der Waals surface area contributed by atoms with Gasteiger partial charge in [-0.25, -0.2) is 4.98 Å². The lowest BCUT2D eigenvalue weighted by Crippen LogP contribution is -2.07. The van der Waals surface area contributed by atoms with Gasteiger partial charge in [0.1, 0.15) is 10.9 Å². The van der Waals surface area contributed by atoms with Crippen molar-refractivity contribution in [3.8, 4) is 0 Å². The predicted octanol–water partition coefficient (Wildman–Crippen LogP) is 4.94. The summed E-state index contributed by atoms with van der Waals surface area (Å²) >= 11 is 13.8. The molecule has 0 aliphatic heterocycles. The molecule has 21 heavy (non-hydrogen) atoms. The van der Waals surface area contributed by atoms with Crippen LogP contribution in [-0.4, -0.2) is 9.55 Å². The standard InChI is InChI=1S/C15H19Cl2N3S/c1-4-20-13(8-18)19-14(9(2)3)15(20)21-12-6-10(16)5-11(17)7-12/h5-7,9H,4,8,18H2,1-3H3. The molecule has 2 aromatic rings. The summed E-state index contributed by atoms with van der Waals surface area (Å²) in [4.78, 5) is 5.70. The molecule has 114 valence electrons. The van der Waals surface area contributed by atoms with E-state index in [4.69, 9.17) is 33.9 Å². The summed E-state index contributed by atoms with van der Waals surface area (Å²) in [6.07, 6.45) is 0. The highest BCUT2D eigenvalue weighted by Gasteiger charge is 2.19. The Kier molecular flexibility index (Phi) is 5.60. The largest absolute Gasteiger partial charge is 0.324 e. The average Bonchev–Trinajstić information content (AvgIpc) is 2.75. The van der Waals surface area contributed by atoms with Gasteiger partial charge in [0.05, 0.1) is 12.2 Å². The van der Waals surface area contributed by atoms with Crippen LogP contribution in [0, 0.1) is 0 Å². The van der Waals surface area contributed by atoms with Crippen molar-refractivity contribution >= 4 is 35.0 Å². The molecule has 0 saturated heterocycles. The van der Waals surface area contributed by atoms with Crippen molar-refractivity contribution in [2.75, 3.05) is 0 Å². The zero-order chi connectivity index (χ0) is 15.6. The van der Waals surface area contributed by atoms with Gasteiger partial charge in [-0.3, -0.25) is 0 Å². The third-order valence-corrected chi connectivity index (χ3v) is 4.65. The fourth-order valence-electron chi connectivity index (χ4n) is 2.17. The van der Waals surface area contributed by atoms with Crippen LogP contribution in [0.4, 0.5) is 0 Å². The van der Waals surface area contributed by atoms with Crippen LogP contribution in [0.1, 0.15) is 38.2 Å². The molecule has 1 aromatic carbocycles. The molecule has 0 fully saturated rings. The quantitative estimate of drug-likeness (QED) is 0.835. The minimum atomic E-state index is 0.334. The molecule has 0 spiro atoms. The summed E-state index contributed by atoms with van der Waals surface area (Å²) in [7, 11) is 0. The molecule has 6 heteroatoms. The van der Waals surface area contributed by atoms with Crippen molar-refractivity contribution in [3.05, 3.63) is 39.8 Å². The summed E-state index contributed by atoms with van der Waals surface area (Å²) in [6.45, 7) is 7.64. The Labute approximate surface area is 139 Å². The summed E-state index contributed by atoms with van der Waals surface area (Å²) in [5.74, 6) is 1.25. The summed E-state index contributed by atoms with van der Waals surface area (Å²) < 4.78 is 2.16. The first-order valence-electron chi connectivity index (χ1n) is 6.89. The minimum absolute atomic E-state index is 0.334. The fourth-order valence-corrected chi connectivity index (χ4v) is 4.15. The van der Waals surface area contributed by atoms with Gasteiger partial charge in [0.25, 0.3) is 0 Å². The Morgan fingerprint density at radius 3 is 2.33 bits per heavy atom. The second-order valence-electron chi connectivity index (χ2n) is 5.03. The van der Waals surface area contributed by atoms with E-state index >= 15 is 0 Å². The van der Waals surface area contributed by atoms with Gasteiger partial charge >= 0.3 is 0 Å². The molecule has 3 nitrogen and oxygen atoms in total. The molecule has 0 radical (unpaired) electrons. The Balaban J connectivity index is 2.48. The molecule has 1 heterocycles. The lowest BCUT2D eigenvalue weighted by Gasteiger charge is -2.11. The first kappa shape index (κ1) is 16.7. The highest BCUT2D eigenvalue weighted by molar-refractivity contribution is 7.99. The molecule has 2 N–H and O–H groups in total. The third-order valence-electron chi connectivity index (χ3n) is 3.12. The van der Waals surface area contributed by atoms with Crippen molar-refractivity contribution in [3.63, 3.8) is 0 Å². The maximum atomic E-state index is 6.08. The van der Waals surface area contributed by atoms with Crippen LogP contribution in [-0.2, 0) is 13.1 Å². The molecule has 0 saturated carbocycles. The van der Waals surface area contributed by atoms with Crippen molar-refractivity contribution in [2.24, 2.45) is 5.73 Å². The number of imidazole rings is 1. The molecule has 0 aliphatic rings. The minimum Gasteiger partial charge on any atom is -0.324 e. The van der Waals surface area contributed by atoms with E-state index in [1.54, 1.807) is 17.8 Å². The Morgan fingerprint density at radius 1 is 1.24 bits per heavy atom. The molecule has 0 atom stereocenters. The number of rotatable bonds is 5. The van der Waals surface area contributed by atoms with E-state index in [9.17, 15) is 0 Å². The third kappa shape index (κ3) is 3.75. The van der Waals surface area contributed by atoms with E-state index in [2.05, 4.69) is 25.3 Å². The summed E-state index contributed by atoms with van der Waals surface area (Å²) in [6, 6.07) is 5.56. The van der Waals surface area contributed by atoms with E-state index in [0.29, 0.717) is 22.5 Å². The maximum Gasteiger partial charge on any atom is 0.123 e. The molecular formula is C15H19Cl2N3S. The van der Waals surface area contributed by atoms with E-state index < -0.39 is 0 Å². The van der Waals surface area contributed by atoms with Gasteiger partial charge in [0, 0.05) is 21.5 Å². The Bertz CT molecular complexity index is 618. The van der Waals surface area contributed by atoms with Gasteiger partial charge in [0.2, 0.25) is 0 Å². The SMILES string of the molecule is CCn1c(CN)nc(C(C)C)c1Sc1cc(Cl)cc(Cl)c1. The first-order chi connectivity index (χ1) is 9.96. The van der Waals surface area contributed by atoms with E-state index in [-0.39, 0.29) is 0 Å². The summed E-state index contributed by atoms with van der Waals surface area (Å²) in [5, 5.41) is 2.39. The number of nitrogens with zero attached hydrogens (tertiary/aromatic N) is 2. The van der Waals surface area contributed by atoms with Crippen molar-refractivity contribution < 1.29 is 0 Å². The molecule has 0 amide bonds. The van der Waals surface area contributed by atoms with Gasteiger partial charge in [0.15, 0.2) is 0 Å². The molecule has 2 rings (SSSR count). The van der Waals surface area contributed by atoms with E-state index in [1.807, 2.05) is 12.1 Å².